The van der Waals surface area contributed by atoms with Crippen molar-refractivity contribution in [3.05, 3.63) is 83.4 Å². The minimum Gasteiger partial charge on any atom is -0.353 e. The molecule has 0 spiro atoms. The van der Waals surface area contributed by atoms with Crippen LogP contribution in [0.25, 0.3) is 0 Å². The van der Waals surface area contributed by atoms with Crippen LogP contribution in [0.4, 0.5) is 11.4 Å². The molecule has 3 nitrogen and oxygen atoms in total. The van der Waals surface area contributed by atoms with Gasteiger partial charge in [-0.25, -0.2) is 0 Å². The monoisotopic (exact) mass is 374 g/mol. The molecule has 0 unspecified atom stereocenters. The summed E-state index contributed by atoms with van der Waals surface area (Å²) < 4.78 is 0. The van der Waals surface area contributed by atoms with Crippen molar-refractivity contribution in [2.24, 2.45) is 0 Å². The van der Waals surface area contributed by atoms with Gasteiger partial charge in [-0.1, -0.05) is 59.6 Å². The SMILES string of the molecule is C=CCN(CC=C)C(=O)Cc1ccccc1Nc1c(Cl)cccc1Cl. The molecule has 25 heavy (non-hydrogen) atoms. The maximum absolute atomic E-state index is 12.6. The van der Waals surface area contributed by atoms with Crippen LogP contribution in [0, 0.1) is 0 Å². The van der Waals surface area contributed by atoms with Crippen LogP contribution < -0.4 is 5.32 Å². The van der Waals surface area contributed by atoms with Gasteiger partial charge in [-0.15, -0.1) is 13.2 Å². The van der Waals surface area contributed by atoms with Crippen molar-refractivity contribution < 1.29 is 4.79 Å². The quantitative estimate of drug-likeness (QED) is 0.620. The minimum atomic E-state index is -0.000643. The fourth-order valence-corrected chi connectivity index (χ4v) is 2.90. The number of amides is 1. The van der Waals surface area contributed by atoms with E-state index in [1.165, 1.54) is 0 Å². The lowest BCUT2D eigenvalue weighted by molar-refractivity contribution is -0.129. The Balaban J connectivity index is 2.24. The highest BCUT2D eigenvalue weighted by molar-refractivity contribution is 6.39. The van der Waals surface area contributed by atoms with Gasteiger partial charge in [0.25, 0.3) is 0 Å². The number of hydrogen-bond donors (Lipinski definition) is 1. The van der Waals surface area contributed by atoms with E-state index in [2.05, 4.69) is 18.5 Å². The Bertz CT molecular complexity index is 744. The van der Waals surface area contributed by atoms with Crippen LogP contribution in [-0.2, 0) is 11.2 Å². The molecule has 1 amide bonds. The molecule has 0 saturated heterocycles. The standard InChI is InChI=1S/C20H20Cl2N2O/c1-3-12-24(13-4-2)19(25)14-15-8-5-6-11-18(15)23-20-16(21)9-7-10-17(20)22/h3-11,23H,1-2,12-14H2. The van der Waals surface area contributed by atoms with Gasteiger partial charge in [-0.2, -0.15) is 0 Å². The van der Waals surface area contributed by atoms with Gasteiger partial charge in [0.15, 0.2) is 0 Å². The van der Waals surface area contributed by atoms with Crippen LogP contribution in [0.5, 0.6) is 0 Å². The molecule has 2 aromatic carbocycles. The van der Waals surface area contributed by atoms with Gasteiger partial charge in [-0.05, 0) is 23.8 Å². The predicted octanol–water partition coefficient (Wildman–Crippen LogP) is 5.48. The lowest BCUT2D eigenvalue weighted by atomic mass is 10.1. The fraction of sp³-hybridized carbons (Fsp3) is 0.150. The maximum atomic E-state index is 12.6. The van der Waals surface area contributed by atoms with Crippen molar-refractivity contribution in [1.29, 1.82) is 0 Å². The van der Waals surface area contributed by atoms with E-state index in [1.807, 2.05) is 24.3 Å². The molecule has 0 aliphatic rings. The van der Waals surface area contributed by atoms with Gasteiger partial charge in [0.2, 0.25) is 5.91 Å². The van der Waals surface area contributed by atoms with Crippen LogP contribution >= 0.6 is 23.2 Å². The van der Waals surface area contributed by atoms with E-state index in [4.69, 9.17) is 23.2 Å². The van der Waals surface area contributed by atoms with E-state index < -0.39 is 0 Å². The summed E-state index contributed by atoms with van der Waals surface area (Å²) in [7, 11) is 0. The van der Waals surface area contributed by atoms with Gasteiger partial charge in [-0.3, -0.25) is 4.79 Å². The second-order valence-corrected chi connectivity index (χ2v) is 6.25. The molecule has 0 aliphatic heterocycles. The highest BCUT2D eigenvalue weighted by Crippen LogP contribution is 2.33. The Morgan fingerprint density at radius 3 is 2.20 bits per heavy atom. The maximum Gasteiger partial charge on any atom is 0.227 e. The van der Waals surface area contributed by atoms with E-state index >= 15 is 0 Å². The molecular formula is C20H20Cl2N2O. The van der Waals surface area contributed by atoms with Crippen molar-refractivity contribution in [2.75, 3.05) is 18.4 Å². The Labute approximate surface area is 158 Å². The van der Waals surface area contributed by atoms with Crippen LogP contribution in [0.1, 0.15) is 5.56 Å². The Morgan fingerprint density at radius 1 is 1.00 bits per heavy atom. The molecule has 0 atom stereocenters. The summed E-state index contributed by atoms with van der Waals surface area (Å²) in [6.07, 6.45) is 3.66. The topological polar surface area (TPSA) is 32.3 Å². The van der Waals surface area contributed by atoms with E-state index in [0.717, 1.165) is 11.3 Å². The number of carbonyl (C=O) groups is 1. The molecule has 0 radical (unpaired) electrons. The first-order valence-corrected chi connectivity index (χ1v) is 8.61. The second kappa shape index (κ2) is 9.30. The summed E-state index contributed by atoms with van der Waals surface area (Å²) in [5.74, 6) is -0.000643. The zero-order chi connectivity index (χ0) is 18.2. The highest BCUT2D eigenvalue weighted by Gasteiger charge is 2.15. The molecule has 0 aromatic heterocycles. The molecular weight excluding hydrogens is 355 g/mol. The first-order chi connectivity index (χ1) is 12.1. The van der Waals surface area contributed by atoms with Crippen LogP contribution in [0.15, 0.2) is 67.8 Å². The molecule has 2 rings (SSSR count). The molecule has 0 heterocycles. The van der Waals surface area contributed by atoms with Gasteiger partial charge in [0.1, 0.15) is 0 Å². The van der Waals surface area contributed by atoms with Crippen LogP contribution in [0.3, 0.4) is 0 Å². The van der Waals surface area contributed by atoms with Crippen LogP contribution in [0.2, 0.25) is 10.0 Å². The van der Waals surface area contributed by atoms with E-state index in [0.29, 0.717) is 28.8 Å². The molecule has 0 fully saturated rings. The smallest absolute Gasteiger partial charge is 0.227 e. The number of rotatable bonds is 8. The Kier molecular flexibility index (Phi) is 7.11. The summed E-state index contributed by atoms with van der Waals surface area (Å²) in [5.41, 5.74) is 2.28. The van der Waals surface area contributed by atoms with Crippen molar-refractivity contribution in [1.82, 2.24) is 4.90 Å². The van der Waals surface area contributed by atoms with Crippen molar-refractivity contribution in [2.45, 2.75) is 6.42 Å². The zero-order valence-electron chi connectivity index (χ0n) is 13.8. The highest BCUT2D eigenvalue weighted by atomic mass is 35.5. The molecule has 0 bridgehead atoms. The number of halogens is 2. The van der Waals surface area contributed by atoms with E-state index in [-0.39, 0.29) is 12.3 Å². The second-order valence-electron chi connectivity index (χ2n) is 5.43. The van der Waals surface area contributed by atoms with Gasteiger partial charge < -0.3 is 10.2 Å². The number of carbonyl (C=O) groups excluding carboxylic acids is 1. The summed E-state index contributed by atoms with van der Waals surface area (Å²) in [4.78, 5) is 14.3. The Morgan fingerprint density at radius 2 is 1.60 bits per heavy atom. The van der Waals surface area contributed by atoms with E-state index in [9.17, 15) is 4.79 Å². The number of hydrogen-bond acceptors (Lipinski definition) is 2. The number of nitrogens with zero attached hydrogens (tertiary/aromatic N) is 1. The van der Waals surface area contributed by atoms with Crippen molar-refractivity contribution >= 4 is 40.5 Å². The number of benzene rings is 2. The first-order valence-electron chi connectivity index (χ1n) is 7.85. The zero-order valence-corrected chi connectivity index (χ0v) is 15.4. The largest absolute Gasteiger partial charge is 0.353 e. The fourth-order valence-electron chi connectivity index (χ4n) is 2.41. The third-order valence-electron chi connectivity index (χ3n) is 3.63. The summed E-state index contributed by atoms with van der Waals surface area (Å²) in [6.45, 7) is 8.36. The average Bonchev–Trinajstić information content (AvgIpc) is 2.59. The summed E-state index contributed by atoms with van der Waals surface area (Å²) in [5, 5.41) is 4.29. The molecule has 0 aliphatic carbocycles. The van der Waals surface area contributed by atoms with Gasteiger partial charge in [0.05, 0.1) is 22.2 Å². The Hall–Kier alpha value is -2.23. The van der Waals surface area contributed by atoms with Gasteiger partial charge in [0, 0.05) is 18.8 Å². The molecule has 5 heteroatoms. The molecule has 0 saturated carbocycles. The third kappa shape index (κ3) is 5.12. The first kappa shape index (κ1) is 19.1. The molecule has 2 aromatic rings. The number of para-hydroxylation sites is 2. The number of anilines is 2. The minimum absolute atomic E-state index is 0.000643. The van der Waals surface area contributed by atoms with Crippen molar-refractivity contribution in [3.63, 3.8) is 0 Å². The van der Waals surface area contributed by atoms with Crippen molar-refractivity contribution in [3.8, 4) is 0 Å². The number of nitrogens with one attached hydrogen (secondary N) is 1. The summed E-state index contributed by atoms with van der Waals surface area (Å²) >= 11 is 12.5. The average molecular weight is 375 g/mol. The van der Waals surface area contributed by atoms with Crippen LogP contribution in [-0.4, -0.2) is 23.9 Å². The molecule has 1 N–H and O–H groups in total. The normalized spacial score (nSPS) is 10.2. The van der Waals surface area contributed by atoms with Gasteiger partial charge >= 0.3 is 0 Å². The third-order valence-corrected chi connectivity index (χ3v) is 4.26. The lowest BCUT2D eigenvalue weighted by Gasteiger charge is -2.20. The predicted molar refractivity (Wildman–Crippen MR) is 107 cm³/mol. The lowest BCUT2D eigenvalue weighted by Crippen LogP contribution is -2.32. The summed E-state index contributed by atoms with van der Waals surface area (Å²) in [6, 6.07) is 12.9. The van der Waals surface area contributed by atoms with E-state index in [1.54, 1.807) is 35.3 Å². The molecule has 130 valence electrons.